The Kier molecular flexibility index (Phi) is 9.19. The molecule has 0 bridgehead atoms. The molecular weight excluding hydrogens is 591 g/mol. The van der Waals surface area contributed by atoms with Crippen LogP contribution in [0, 0.1) is 0 Å². The van der Waals surface area contributed by atoms with Crippen LogP contribution in [0.4, 0.5) is 0 Å². The SMILES string of the molecule is c1ccc(CN([Si](NN2CCCC2)(c2ccccc2)c2ccccc2)[Si](c2ccccc2)(c2ccccc2)c2ccccc2)cc1. The molecule has 0 saturated carbocycles. The number of hydrogen-bond donors (Lipinski definition) is 1. The summed E-state index contributed by atoms with van der Waals surface area (Å²) in [5.41, 5.74) is 1.31. The quantitative estimate of drug-likeness (QED) is 0.160. The van der Waals surface area contributed by atoms with Gasteiger partial charge in [0.1, 0.15) is 0 Å². The molecule has 5 heteroatoms. The zero-order valence-corrected chi connectivity index (χ0v) is 28.3. The van der Waals surface area contributed by atoms with Crippen LogP contribution in [0.1, 0.15) is 18.4 Å². The van der Waals surface area contributed by atoms with Crippen molar-refractivity contribution in [3.05, 3.63) is 188 Å². The summed E-state index contributed by atoms with van der Waals surface area (Å²) >= 11 is 0. The maximum absolute atomic E-state index is 4.43. The minimum Gasteiger partial charge on any atom is -0.311 e. The highest BCUT2D eigenvalue weighted by molar-refractivity contribution is 7.18. The molecule has 0 spiro atoms. The molecule has 6 aromatic carbocycles. The molecule has 1 N–H and O–H groups in total. The fourth-order valence-electron chi connectivity index (χ4n) is 7.34. The van der Waals surface area contributed by atoms with Gasteiger partial charge in [-0.15, -0.1) is 0 Å². The molecule has 7 rings (SSSR count). The van der Waals surface area contributed by atoms with Crippen molar-refractivity contribution in [2.75, 3.05) is 13.1 Å². The molecule has 0 aromatic heterocycles. The lowest BCUT2D eigenvalue weighted by Crippen LogP contribution is -2.91. The predicted octanol–water partition coefficient (Wildman–Crippen LogP) is 5.01. The summed E-state index contributed by atoms with van der Waals surface area (Å²) in [6, 6.07) is 68.0. The Labute approximate surface area is 276 Å². The Morgan fingerprint density at radius 2 is 0.761 bits per heavy atom. The minimum absolute atomic E-state index is 0.794. The van der Waals surface area contributed by atoms with Crippen molar-refractivity contribution < 1.29 is 0 Å². The first-order chi connectivity index (χ1) is 22.8. The van der Waals surface area contributed by atoms with E-state index in [4.69, 9.17) is 0 Å². The first-order valence-electron chi connectivity index (χ1n) is 16.4. The van der Waals surface area contributed by atoms with E-state index in [2.05, 4.69) is 196 Å². The largest absolute Gasteiger partial charge is 0.311 e. The Morgan fingerprint density at radius 3 is 1.13 bits per heavy atom. The summed E-state index contributed by atoms with van der Waals surface area (Å²) in [6.45, 7) is 2.89. The van der Waals surface area contributed by atoms with Crippen molar-refractivity contribution in [1.29, 1.82) is 0 Å². The summed E-state index contributed by atoms with van der Waals surface area (Å²) in [5, 5.41) is 13.8. The van der Waals surface area contributed by atoms with E-state index in [1.54, 1.807) is 0 Å². The molecule has 6 aromatic rings. The molecule has 0 atom stereocenters. The van der Waals surface area contributed by atoms with Gasteiger partial charge in [0.15, 0.2) is 0 Å². The average Bonchev–Trinajstić information content (AvgIpc) is 3.66. The Morgan fingerprint density at radius 1 is 0.435 bits per heavy atom. The van der Waals surface area contributed by atoms with Crippen molar-refractivity contribution in [1.82, 2.24) is 14.3 Å². The van der Waals surface area contributed by atoms with Crippen LogP contribution in [0.3, 0.4) is 0 Å². The first kappa shape index (κ1) is 30.3. The molecular formula is C41H41N3Si2. The number of rotatable bonds is 11. The molecule has 3 nitrogen and oxygen atoms in total. The molecule has 46 heavy (non-hydrogen) atoms. The lowest BCUT2D eigenvalue weighted by molar-refractivity contribution is 0.289. The highest BCUT2D eigenvalue weighted by Crippen LogP contribution is 2.25. The van der Waals surface area contributed by atoms with Crippen LogP contribution in [0.5, 0.6) is 0 Å². The molecule has 0 aliphatic carbocycles. The maximum atomic E-state index is 4.43. The lowest BCUT2D eigenvalue weighted by Gasteiger charge is -2.54. The Bertz CT molecular complexity index is 1650. The van der Waals surface area contributed by atoms with E-state index in [1.807, 2.05) is 0 Å². The van der Waals surface area contributed by atoms with Crippen LogP contribution < -0.4 is 31.0 Å². The molecule has 0 unspecified atom stereocenters. The Hall–Kier alpha value is -4.37. The molecule has 1 aliphatic heterocycles. The number of nitrogens with zero attached hydrogens (tertiary/aromatic N) is 2. The number of hydrazine groups is 1. The van der Waals surface area contributed by atoms with E-state index in [0.717, 1.165) is 19.6 Å². The second-order valence-corrected chi connectivity index (χ2v) is 19.6. The minimum atomic E-state index is -3.04. The topological polar surface area (TPSA) is 18.5 Å². The molecule has 1 fully saturated rings. The van der Waals surface area contributed by atoms with E-state index in [9.17, 15) is 0 Å². The lowest BCUT2D eigenvalue weighted by atomic mass is 10.2. The van der Waals surface area contributed by atoms with Crippen LogP contribution in [0.15, 0.2) is 182 Å². The second kappa shape index (κ2) is 14.0. The van der Waals surface area contributed by atoms with Crippen LogP contribution in [0.25, 0.3) is 0 Å². The van der Waals surface area contributed by atoms with Gasteiger partial charge in [0.25, 0.3) is 8.40 Å². The summed E-state index contributed by atoms with van der Waals surface area (Å²) in [6.07, 6.45) is 2.41. The molecule has 1 saturated heterocycles. The van der Waals surface area contributed by atoms with Gasteiger partial charge in [-0.05, 0) is 44.3 Å². The van der Waals surface area contributed by atoms with Gasteiger partial charge in [0, 0.05) is 19.6 Å². The molecule has 0 radical (unpaired) electrons. The van der Waals surface area contributed by atoms with E-state index in [1.165, 1.54) is 44.3 Å². The first-order valence-corrected chi connectivity index (χ1v) is 20.3. The number of hydrogen-bond acceptors (Lipinski definition) is 3. The van der Waals surface area contributed by atoms with Gasteiger partial charge < -0.3 is 4.23 Å². The molecule has 0 amide bonds. The van der Waals surface area contributed by atoms with Crippen molar-refractivity contribution in [3.63, 3.8) is 0 Å². The smallest absolute Gasteiger partial charge is 0.278 e. The Balaban J connectivity index is 1.66. The van der Waals surface area contributed by atoms with Gasteiger partial charge in [-0.3, -0.25) is 5.09 Å². The third-order valence-electron chi connectivity index (χ3n) is 9.38. The molecule has 1 aliphatic rings. The van der Waals surface area contributed by atoms with Gasteiger partial charge in [-0.2, -0.15) is 0 Å². The standard InChI is InChI=1S/C41H41N3Si2/c1-7-21-36(22-8-1)35-44(45(37-23-9-2-10-24-37,38-25-11-3-12-26-38)39-27-13-4-14-28-39)46(40-29-15-5-16-30-40,41-31-17-6-18-32-41)42-43-33-19-20-34-43/h1-18,21-32,42H,19-20,33-35H2. The van der Waals surface area contributed by atoms with Gasteiger partial charge in [0.05, 0.1) is 0 Å². The van der Waals surface area contributed by atoms with Crippen molar-refractivity contribution >= 4 is 42.6 Å². The van der Waals surface area contributed by atoms with E-state index in [0.29, 0.717) is 0 Å². The zero-order valence-electron chi connectivity index (χ0n) is 26.3. The highest BCUT2D eigenvalue weighted by Gasteiger charge is 2.57. The second-order valence-electron chi connectivity index (χ2n) is 12.1. The van der Waals surface area contributed by atoms with Crippen LogP contribution in [-0.2, 0) is 6.54 Å². The third kappa shape index (κ3) is 5.73. The zero-order chi connectivity index (χ0) is 31.1. The van der Waals surface area contributed by atoms with E-state index in [-0.39, 0.29) is 0 Å². The average molecular weight is 632 g/mol. The van der Waals surface area contributed by atoms with Gasteiger partial charge >= 0.3 is 0 Å². The van der Waals surface area contributed by atoms with Crippen molar-refractivity contribution in [2.45, 2.75) is 19.4 Å². The summed E-state index contributed by atoms with van der Waals surface area (Å²) in [5.74, 6) is 0. The van der Waals surface area contributed by atoms with Crippen LogP contribution >= 0.6 is 0 Å². The normalized spacial score (nSPS) is 14.0. The predicted molar refractivity (Wildman–Crippen MR) is 198 cm³/mol. The fraction of sp³-hybridized carbons (Fsp3) is 0.122. The number of nitrogens with one attached hydrogen (secondary N) is 1. The van der Waals surface area contributed by atoms with Crippen LogP contribution in [0.2, 0.25) is 0 Å². The monoisotopic (exact) mass is 631 g/mol. The van der Waals surface area contributed by atoms with Crippen LogP contribution in [-0.4, -0.2) is 39.0 Å². The summed E-state index contributed by atoms with van der Waals surface area (Å²) in [7, 11) is -6.04. The van der Waals surface area contributed by atoms with Crippen molar-refractivity contribution in [2.24, 2.45) is 0 Å². The van der Waals surface area contributed by atoms with Crippen molar-refractivity contribution in [3.8, 4) is 0 Å². The number of benzene rings is 6. The van der Waals surface area contributed by atoms with Gasteiger partial charge in [-0.25, -0.2) is 5.01 Å². The molecule has 228 valence electrons. The van der Waals surface area contributed by atoms with Gasteiger partial charge in [-0.1, -0.05) is 182 Å². The van der Waals surface area contributed by atoms with Gasteiger partial charge in [0.2, 0.25) is 8.24 Å². The summed E-state index contributed by atoms with van der Waals surface area (Å²) < 4.78 is 3.01. The third-order valence-corrected chi connectivity index (χ3v) is 19.8. The maximum Gasteiger partial charge on any atom is 0.278 e. The highest BCUT2D eigenvalue weighted by atomic mass is 28.4. The summed E-state index contributed by atoms with van der Waals surface area (Å²) in [4.78, 5) is 0. The van der Waals surface area contributed by atoms with E-state index < -0.39 is 16.6 Å². The van der Waals surface area contributed by atoms with E-state index >= 15 is 0 Å². The molecule has 1 heterocycles. The fourth-order valence-corrected chi connectivity index (χ4v) is 19.6.